The molecule has 0 aromatic carbocycles. The minimum absolute atomic E-state index is 0.291. The van der Waals surface area contributed by atoms with Crippen LogP contribution < -0.4 is 5.43 Å². The number of nitrogens with zero attached hydrogens (tertiary/aromatic N) is 3. The molecule has 0 saturated carbocycles. The van der Waals surface area contributed by atoms with Crippen molar-refractivity contribution in [2.24, 2.45) is 4.99 Å². The Morgan fingerprint density at radius 3 is 3.21 bits per heavy atom. The Hall–Kier alpha value is -1.53. The molecule has 0 fully saturated rings. The third-order valence-corrected chi connectivity index (χ3v) is 1.78. The van der Waals surface area contributed by atoms with Gasteiger partial charge in [-0.05, 0) is 6.92 Å². The second-order valence-electron chi connectivity index (χ2n) is 2.75. The van der Waals surface area contributed by atoms with Crippen LogP contribution in [0.4, 0.5) is 0 Å². The summed E-state index contributed by atoms with van der Waals surface area (Å²) in [5.74, 6) is 0. The zero-order chi connectivity index (χ0) is 10.4. The van der Waals surface area contributed by atoms with E-state index in [1.165, 1.54) is 0 Å². The van der Waals surface area contributed by atoms with Gasteiger partial charge < -0.3 is 9.64 Å². The molecule has 0 bridgehead atoms. The Labute approximate surface area is 81.9 Å². The van der Waals surface area contributed by atoms with Gasteiger partial charge in [0.05, 0.1) is 19.7 Å². The zero-order valence-electron chi connectivity index (χ0n) is 8.10. The molecule has 0 aliphatic carbocycles. The number of rotatable bonds is 5. The summed E-state index contributed by atoms with van der Waals surface area (Å²) in [6.45, 7) is 4.76. The first-order valence-corrected chi connectivity index (χ1v) is 4.54. The lowest BCUT2D eigenvalue weighted by Crippen LogP contribution is -2.37. The molecule has 0 unspecified atom stereocenters. The summed E-state index contributed by atoms with van der Waals surface area (Å²) in [6.07, 6.45) is 0. The molecule has 1 aliphatic heterocycles. The van der Waals surface area contributed by atoms with Crippen LogP contribution in [-0.2, 0) is 4.74 Å². The molecule has 0 aromatic heterocycles. The summed E-state index contributed by atoms with van der Waals surface area (Å²) in [7, 11) is 0. The highest BCUT2D eigenvalue weighted by Gasteiger charge is 2.17. The average molecular weight is 202 g/mol. The second kappa shape index (κ2) is 5.25. The molecule has 0 saturated heterocycles. The summed E-state index contributed by atoms with van der Waals surface area (Å²) in [5, 5.41) is 9.45. The van der Waals surface area contributed by atoms with Crippen molar-refractivity contribution in [1.82, 2.24) is 10.3 Å². The van der Waals surface area contributed by atoms with Crippen LogP contribution in [0.1, 0.15) is 6.92 Å². The Bertz CT molecular complexity index is 231. The SMILES string of the molecule is CCOC1=NCCN1CCN[N+](=O)[O-]. The standard InChI is InChI=1S/C7H14N4O3/c1-2-14-7-8-3-5-10(7)6-4-9-11(12)13/h9H,2-6H2,1H3. The van der Waals surface area contributed by atoms with Gasteiger partial charge in [0, 0.05) is 13.1 Å². The van der Waals surface area contributed by atoms with E-state index in [0.29, 0.717) is 32.3 Å². The lowest BCUT2D eigenvalue weighted by Gasteiger charge is -2.18. The van der Waals surface area contributed by atoms with E-state index in [2.05, 4.69) is 10.4 Å². The highest BCUT2D eigenvalue weighted by molar-refractivity contribution is 5.75. The number of ether oxygens (including phenoxy) is 1. The van der Waals surface area contributed by atoms with Crippen molar-refractivity contribution < 1.29 is 9.77 Å². The van der Waals surface area contributed by atoms with Gasteiger partial charge in [-0.1, -0.05) is 0 Å². The number of nitro groups is 1. The zero-order valence-corrected chi connectivity index (χ0v) is 8.10. The van der Waals surface area contributed by atoms with Gasteiger partial charge in [-0.15, -0.1) is 5.43 Å². The van der Waals surface area contributed by atoms with E-state index in [0.717, 1.165) is 6.54 Å². The molecule has 0 aromatic rings. The first kappa shape index (κ1) is 10.6. The van der Waals surface area contributed by atoms with Crippen LogP contribution in [0.15, 0.2) is 4.99 Å². The highest BCUT2D eigenvalue weighted by Crippen LogP contribution is 2.01. The molecule has 1 aliphatic rings. The van der Waals surface area contributed by atoms with Gasteiger partial charge in [0.15, 0.2) is 5.03 Å². The lowest BCUT2D eigenvalue weighted by atomic mass is 10.5. The number of nitrogens with one attached hydrogen (secondary N) is 1. The van der Waals surface area contributed by atoms with Crippen molar-refractivity contribution >= 4 is 6.02 Å². The molecule has 7 nitrogen and oxygen atoms in total. The molecule has 1 rings (SSSR count). The molecule has 1 heterocycles. The quantitative estimate of drug-likeness (QED) is 0.479. The van der Waals surface area contributed by atoms with Crippen LogP contribution in [0.3, 0.4) is 0 Å². The Kier molecular flexibility index (Phi) is 3.96. The number of aliphatic imine (C=N–C) groups is 1. The van der Waals surface area contributed by atoms with E-state index in [1.54, 1.807) is 0 Å². The Balaban J connectivity index is 2.23. The van der Waals surface area contributed by atoms with E-state index >= 15 is 0 Å². The molecule has 0 radical (unpaired) electrons. The maximum absolute atomic E-state index is 9.99. The first-order valence-electron chi connectivity index (χ1n) is 4.54. The number of amidine groups is 1. The van der Waals surface area contributed by atoms with Crippen LogP contribution in [-0.4, -0.2) is 48.7 Å². The molecular formula is C7H14N4O3. The number of hydrazine groups is 1. The predicted octanol–water partition coefficient (Wildman–Crippen LogP) is -0.524. The van der Waals surface area contributed by atoms with Gasteiger partial charge in [0.25, 0.3) is 6.02 Å². The molecule has 7 heteroatoms. The van der Waals surface area contributed by atoms with Gasteiger partial charge in [-0.3, -0.25) is 0 Å². The maximum Gasteiger partial charge on any atom is 0.287 e. The molecule has 80 valence electrons. The minimum Gasteiger partial charge on any atom is -0.465 e. The van der Waals surface area contributed by atoms with Crippen molar-refractivity contribution in [3.05, 3.63) is 10.1 Å². The summed E-state index contributed by atoms with van der Waals surface area (Å²) in [5.41, 5.74) is 2.11. The summed E-state index contributed by atoms with van der Waals surface area (Å²) in [6, 6.07) is 0.595. The van der Waals surface area contributed by atoms with E-state index in [-0.39, 0.29) is 0 Å². The van der Waals surface area contributed by atoms with Crippen molar-refractivity contribution in [3.63, 3.8) is 0 Å². The van der Waals surface area contributed by atoms with Crippen molar-refractivity contribution in [2.45, 2.75) is 6.92 Å². The lowest BCUT2D eigenvalue weighted by molar-refractivity contribution is -0.544. The fourth-order valence-electron chi connectivity index (χ4n) is 1.21. The summed E-state index contributed by atoms with van der Waals surface area (Å²) >= 11 is 0. The van der Waals surface area contributed by atoms with E-state index in [9.17, 15) is 10.1 Å². The van der Waals surface area contributed by atoms with Crippen molar-refractivity contribution in [3.8, 4) is 0 Å². The number of hydrogen-bond donors (Lipinski definition) is 1. The molecule has 1 N–H and O–H groups in total. The normalized spacial score (nSPS) is 15.2. The van der Waals surface area contributed by atoms with Crippen molar-refractivity contribution in [1.29, 1.82) is 0 Å². The third kappa shape index (κ3) is 3.08. The van der Waals surface area contributed by atoms with Crippen molar-refractivity contribution in [2.75, 3.05) is 32.8 Å². The molecule has 0 spiro atoms. The minimum atomic E-state index is -0.548. The molecule has 14 heavy (non-hydrogen) atoms. The smallest absolute Gasteiger partial charge is 0.287 e. The molecule has 0 atom stereocenters. The van der Waals surface area contributed by atoms with E-state index in [1.807, 2.05) is 11.8 Å². The largest absolute Gasteiger partial charge is 0.465 e. The van der Waals surface area contributed by atoms with Gasteiger partial charge in [0.1, 0.15) is 0 Å². The van der Waals surface area contributed by atoms with Gasteiger partial charge in [-0.2, -0.15) is 0 Å². The second-order valence-corrected chi connectivity index (χ2v) is 2.75. The monoisotopic (exact) mass is 202 g/mol. The Morgan fingerprint density at radius 1 is 1.79 bits per heavy atom. The van der Waals surface area contributed by atoms with Crippen LogP contribution >= 0.6 is 0 Å². The molecular weight excluding hydrogens is 188 g/mol. The number of hydrogen-bond acceptors (Lipinski definition) is 5. The fourth-order valence-corrected chi connectivity index (χ4v) is 1.21. The predicted molar refractivity (Wildman–Crippen MR) is 50.5 cm³/mol. The van der Waals surface area contributed by atoms with E-state index in [4.69, 9.17) is 4.74 Å². The highest BCUT2D eigenvalue weighted by atomic mass is 16.7. The summed E-state index contributed by atoms with van der Waals surface area (Å²) in [4.78, 5) is 16.0. The van der Waals surface area contributed by atoms with Crippen LogP contribution in [0, 0.1) is 10.1 Å². The van der Waals surface area contributed by atoms with Gasteiger partial charge in [-0.25, -0.2) is 15.1 Å². The van der Waals surface area contributed by atoms with Gasteiger partial charge in [0.2, 0.25) is 0 Å². The van der Waals surface area contributed by atoms with E-state index < -0.39 is 5.03 Å². The fraction of sp³-hybridized carbons (Fsp3) is 0.857. The van der Waals surface area contributed by atoms with Crippen LogP contribution in [0.2, 0.25) is 0 Å². The van der Waals surface area contributed by atoms with Crippen LogP contribution in [0.25, 0.3) is 0 Å². The van der Waals surface area contributed by atoms with Crippen LogP contribution in [0.5, 0.6) is 0 Å². The van der Waals surface area contributed by atoms with Gasteiger partial charge >= 0.3 is 0 Å². The first-order chi connectivity index (χ1) is 6.74. The Morgan fingerprint density at radius 2 is 2.57 bits per heavy atom. The molecule has 0 amide bonds. The topological polar surface area (TPSA) is 80.0 Å². The summed E-state index contributed by atoms with van der Waals surface area (Å²) < 4.78 is 5.25. The maximum atomic E-state index is 9.99. The average Bonchev–Trinajstić information content (AvgIpc) is 2.53. The third-order valence-electron chi connectivity index (χ3n) is 1.78.